The number of hydrogen-bond acceptors (Lipinski definition) is 4. The Morgan fingerprint density at radius 1 is 1.24 bits per heavy atom. The van der Waals surface area contributed by atoms with Gasteiger partial charge in [-0.25, -0.2) is 0 Å². The van der Waals surface area contributed by atoms with Gasteiger partial charge < -0.3 is 15.0 Å². The number of nitrogens with zero attached hydrogens (tertiary/aromatic N) is 3. The van der Waals surface area contributed by atoms with Gasteiger partial charge in [0.2, 0.25) is 0 Å². The Hall–Kier alpha value is -1.53. The van der Waals surface area contributed by atoms with Crippen LogP contribution >= 0.6 is 0 Å². The van der Waals surface area contributed by atoms with Gasteiger partial charge in [-0.2, -0.15) is 0 Å². The molecule has 2 N–H and O–H groups in total. The lowest BCUT2D eigenvalue weighted by Crippen LogP contribution is -2.41. The van der Waals surface area contributed by atoms with Crippen molar-refractivity contribution in [3.05, 3.63) is 33.7 Å². The SMILES string of the molecule is Cc1c(CN)cc(N=[N+]=[N-])cc1B1OC(C)(C)C(C)(C)O1. The molecule has 1 heterocycles. The lowest BCUT2D eigenvalue weighted by molar-refractivity contribution is 0.00578. The van der Waals surface area contributed by atoms with Gasteiger partial charge in [-0.15, -0.1) is 0 Å². The second-order valence-electron chi connectivity index (χ2n) is 6.30. The van der Waals surface area contributed by atoms with E-state index in [0.717, 1.165) is 16.6 Å². The van der Waals surface area contributed by atoms with Crippen LogP contribution in [0.25, 0.3) is 10.4 Å². The molecule has 2 rings (SSSR count). The van der Waals surface area contributed by atoms with Crippen LogP contribution in [-0.2, 0) is 15.9 Å². The van der Waals surface area contributed by atoms with Gasteiger partial charge in [0.15, 0.2) is 0 Å². The summed E-state index contributed by atoms with van der Waals surface area (Å²) in [6.07, 6.45) is 0. The van der Waals surface area contributed by atoms with Crippen LogP contribution in [0, 0.1) is 6.92 Å². The molecule has 0 aromatic heterocycles. The lowest BCUT2D eigenvalue weighted by atomic mass is 9.74. The summed E-state index contributed by atoms with van der Waals surface area (Å²) in [7, 11) is -0.492. The van der Waals surface area contributed by atoms with Gasteiger partial charge in [-0.05, 0) is 62.8 Å². The molecule has 1 saturated heterocycles. The highest BCUT2D eigenvalue weighted by molar-refractivity contribution is 6.62. The van der Waals surface area contributed by atoms with E-state index in [0.29, 0.717) is 12.2 Å². The number of azide groups is 1. The fraction of sp³-hybridized carbons (Fsp3) is 0.571. The molecule has 0 unspecified atom stereocenters. The fourth-order valence-electron chi connectivity index (χ4n) is 2.32. The molecule has 0 bridgehead atoms. The Bertz CT molecular complexity index is 593. The van der Waals surface area contributed by atoms with E-state index in [4.69, 9.17) is 20.6 Å². The van der Waals surface area contributed by atoms with Crippen molar-refractivity contribution in [1.29, 1.82) is 0 Å². The van der Waals surface area contributed by atoms with Gasteiger partial charge in [0, 0.05) is 17.1 Å². The first-order valence-corrected chi connectivity index (χ1v) is 6.96. The standard InChI is InChI=1S/C14H21BN4O2/c1-9-10(8-16)6-11(18-19-17)7-12(9)15-20-13(2,3)14(4,5)21-15/h6-7H,8,16H2,1-5H3. The minimum Gasteiger partial charge on any atom is -0.399 e. The van der Waals surface area contributed by atoms with Crippen LogP contribution < -0.4 is 11.2 Å². The Morgan fingerprint density at radius 3 is 2.29 bits per heavy atom. The first-order chi connectivity index (χ1) is 9.71. The Balaban J connectivity index is 2.49. The average Bonchev–Trinajstić information content (AvgIpc) is 2.60. The van der Waals surface area contributed by atoms with Crippen LogP contribution in [0.1, 0.15) is 38.8 Å². The second kappa shape index (κ2) is 5.35. The van der Waals surface area contributed by atoms with Crippen molar-refractivity contribution >= 4 is 18.3 Å². The van der Waals surface area contributed by atoms with Crippen LogP contribution in [0.15, 0.2) is 17.2 Å². The minimum atomic E-state index is -0.492. The summed E-state index contributed by atoms with van der Waals surface area (Å²) in [6, 6.07) is 3.60. The smallest absolute Gasteiger partial charge is 0.399 e. The third-order valence-corrected chi connectivity index (χ3v) is 4.43. The minimum absolute atomic E-state index is 0.368. The highest BCUT2D eigenvalue weighted by atomic mass is 16.7. The lowest BCUT2D eigenvalue weighted by Gasteiger charge is -2.32. The zero-order valence-corrected chi connectivity index (χ0v) is 13.2. The summed E-state index contributed by atoms with van der Waals surface area (Å²) in [4.78, 5) is 2.84. The van der Waals surface area contributed by atoms with Gasteiger partial charge in [-0.3, -0.25) is 0 Å². The summed E-state index contributed by atoms with van der Waals surface area (Å²) < 4.78 is 12.1. The zero-order chi connectivity index (χ0) is 15.8. The Labute approximate surface area is 125 Å². The quantitative estimate of drug-likeness (QED) is 0.401. The van der Waals surface area contributed by atoms with Crippen LogP contribution in [0.3, 0.4) is 0 Å². The summed E-state index contributed by atoms with van der Waals surface area (Å²) in [5, 5.41) is 3.68. The molecule has 1 aromatic carbocycles. The van der Waals surface area contributed by atoms with Gasteiger partial charge in [-0.1, -0.05) is 11.2 Å². The van der Waals surface area contributed by atoms with E-state index in [1.54, 1.807) is 12.1 Å². The maximum Gasteiger partial charge on any atom is 0.495 e. The maximum atomic E-state index is 8.64. The third kappa shape index (κ3) is 2.78. The third-order valence-electron chi connectivity index (χ3n) is 4.43. The molecule has 1 aliphatic heterocycles. The van der Waals surface area contributed by atoms with Crippen LogP contribution in [-0.4, -0.2) is 18.3 Å². The first kappa shape index (κ1) is 15.9. The van der Waals surface area contributed by atoms with Crippen molar-refractivity contribution in [3.8, 4) is 0 Å². The molecule has 0 atom stereocenters. The topological polar surface area (TPSA) is 93.2 Å². The van der Waals surface area contributed by atoms with E-state index in [1.807, 2.05) is 34.6 Å². The zero-order valence-electron chi connectivity index (χ0n) is 13.2. The molecule has 0 saturated carbocycles. The summed E-state index contributed by atoms with van der Waals surface area (Å²) in [6.45, 7) is 10.4. The molecule has 0 radical (unpaired) electrons. The predicted octanol–water partition coefficient (Wildman–Crippen LogP) is 2.69. The fourth-order valence-corrected chi connectivity index (χ4v) is 2.32. The second-order valence-corrected chi connectivity index (χ2v) is 6.30. The molecule has 6 nitrogen and oxygen atoms in total. The molecule has 0 spiro atoms. The van der Waals surface area contributed by atoms with E-state index in [-0.39, 0.29) is 0 Å². The number of hydrogen-bond donors (Lipinski definition) is 1. The van der Waals surface area contributed by atoms with Gasteiger partial charge >= 0.3 is 7.12 Å². The number of nitrogens with two attached hydrogens (primary N) is 1. The summed E-state index contributed by atoms with van der Waals surface area (Å²) >= 11 is 0. The number of benzene rings is 1. The van der Waals surface area contributed by atoms with Crippen LogP contribution in [0.4, 0.5) is 5.69 Å². The van der Waals surface area contributed by atoms with Crippen molar-refractivity contribution < 1.29 is 9.31 Å². The maximum absolute atomic E-state index is 8.64. The van der Waals surface area contributed by atoms with Crippen molar-refractivity contribution in [1.82, 2.24) is 0 Å². The monoisotopic (exact) mass is 288 g/mol. The molecule has 1 aromatic rings. The molecule has 0 amide bonds. The largest absolute Gasteiger partial charge is 0.495 e. The van der Waals surface area contributed by atoms with Gasteiger partial charge in [0.05, 0.1) is 11.2 Å². The van der Waals surface area contributed by atoms with E-state index >= 15 is 0 Å². The van der Waals surface area contributed by atoms with Crippen molar-refractivity contribution in [2.75, 3.05) is 0 Å². The van der Waals surface area contributed by atoms with Crippen LogP contribution in [0.2, 0.25) is 0 Å². The van der Waals surface area contributed by atoms with E-state index in [2.05, 4.69) is 10.0 Å². The van der Waals surface area contributed by atoms with Gasteiger partial charge in [0.1, 0.15) is 0 Å². The van der Waals surface area contributed by atoms with Crippen molar-refractivity contribution in [3.63, 3.8) is 0 Å². The predicted molar refractivity (Wildman–Crippen MR) is 83.6 cm³/mol. The molecule has 112 valence electrons. The highest BCUT2D eigenvalue weighted by Crippen LogP contribution is 2.37. The molecule has 7 heteroatoms. The van der Waals surface area contributed by atoms with Crippen LogP contribution in [0.5, 0.6) is 0 Å². The van der Waals surface area contributed by atoms with E-state index in [9.17, 15) is 0 Å². The summed E-state index contributed by atoms with van der Waals surface area (Å²) in [5.74, 6) is 0. The Kier molecular flexibility index (Phi) is 4.04. The molecular formula is C14H21BN4O2. The normalized spacial score (nSPS) is 19.4. The summed E-state index contributed by atoms with van der Waals surface area (Å²) in [5.41, 5.74) is 16.9. The van der Waals surface area contributed by atoms with E-state index < -0.39 is 18.3 Å². The molecule has 1 fully saturated rings. The van der Waals surface area contributed by atoms with Gasteiger partial charge in [0.25, 0.3) is 0 Å². The van der Waals surface area contributed by atoms with E-state index in [1.165, 1.54) is 0 Å². The molecule has 21 heavy (non-hydrogen) atoms. The molecule has 1 aliphatic rings. The van der Waals surface area contributed by atoms with Crippen molar-refractivity contribution in [2.45, 2.75) is 52.4 Å². The van der Waals surface area contributed by atoms with Crippen molar-refractivity contribution in [2.24, 2.45) is 10.8 Å². The molecule has 0 aliphatic carbocycles. The average molecular weight is 288 g/mol. The first-order valence-electron chi connectivity index (χ1n) is 6.96. The Morgan fingerprint density at radius 2 is 1.81 bits per heavy atom. The molecular weight excluding hydrogens is 267 g/mol. The highest BCUT2D eigenvalue weighted by Gasteiger charge is 2.52. The number of rotatable bonds is 3.